The minimum atomic E-state index is -0.971. The molecular weight excluding hydrogens is 320 g/mol. The molecule has 0 aromatic carbocycles. The molecule has 0 aliphatic carbocycles. The van der Waals surface area contributed by atoms with Crippen molar-refractivity contribution >= 4 is 29.1 Å². The molecule has 1 saturated heterocycles. The van der Waals surface area contributed by atoms with Gasteiger partial charge in [-0.05, 0) is 25.6 Å². The summed E-state index contributed by atoms with van der Waals surface area (Å²) in [4.78, 5) is 24.0. The number of amides is 2. The molecule has 0 radical (unpaired) electrons. The van der Waals surface area contributed by atoms with E-state index in [9.17, 15) is 9.59 Å². The predicted molar refractivity (Wildman–Crippen MR) is 103 cm³/mol. The third-order valence-electron chi connectivity index (χ3n) is 4.99. The van der Waals surface area contributed by atoms with E-state index in [0.29, 0.717) is 6.42 Å². The van der Waals surface area contributed by atoms with Crippen LogP contribution in [0.4, 0.5) is 0 Å². The number of thiocarbonyl (C=S) groups is 1. The highest BCUT2D eigenvalue weighted by atomic mass is 32.1. The van der Waals surface area contributed by atoms with Gasteiger partial charge in [-0.1, -0.05) is 84.0 Å². The zero-order chi connectivity index (χ0) is 17.8. The smallest absolute Gasteiger partial charge is 0.241 e. The number of carbonyl (C=O) groups excluding carboxylic acids is 2. The Morgan fingerprint density at radius 3 is 1.54 bits per heavy atom. The molecule has 1 rings (SSSR count). The molecule has 1 aliphatic rings. The summed E-state index contributed by atoms with van der Waals surface area (Å²) in [6.07, 6.45) is 15.9. The maximum atomic E-state index is 12.0. The second-order valence-corrected chi connectivity index (χ2v) is 7.62. The lowest BCUT2D eigenvalue weighted by Crippen LogP contribution is -2.61. The van der Waals surface area contributed by atoms with Gasteiger partial charge in [-0.25, -0.2) is 0 Å². The van der Waals surface area contributed by atoms with Crippen molar-refractivity contribution in [3.05, 3.63) is 0 Å². The van der Waals surface area contributed by atoms with Gasteiger partial charge in [0.15, 0.2) is 5.11 Å². The Kier molecular flexibility index (Phi) is 10.2. The first-order valence-electron chi connectivity index (χ1n) is 9.67. The fraction of sp³-hybridized carbons (Fsp3) is 0.842. The fourth-order valence-corrected chi connectivity index (χ4v) is 3.35. The topological polar surface area (TPSA) is 58.2 Å². The molecule has 2 amide bonds. The van der Waals surface area contributed by atoms with E-state index in [4.69, 9.17) is 12.2 Å². The average Bonchev–Trinajstić information content (AvgIpc) is 2.54. The van der Waals surface area contributed by atoms with Crippen molar-refractivity contribution in [1.82, 2.24) is 10.6 Å². The zero-order valence-electron chi connectivity index (χ0n) is 15.4. The molecule has 1 fully saturated rings. The first-order valence-corrected chi connectivity index (χ1v) is 10.1. The quantitative estimate of drug-likeness (QED) is 0.288. The number of unbranched alkanes of at least 4 members (excludes halogenated alkanes) is 11. The molecule has 2 N–H and O–H groups in total. The molecule has 4 nitrogen and oxygen atoms in total. The van der Waals surface area contributed by atoms with Crippen LogP contribution >= 0.6 is 12.2 Å². The molecule has 0 atom stereocenters. The normalized spacial score (nSPS) is 16.8. The van der Waals surface area contributed by atoms with Crippen LogP contribution in [-0.4, -0.2) is 16.9 Å². The van der Waals surface area contributed by atoms with Gasteiger partial charge in [0.25, 0.3) is 0 Å². The second-order valence-electron chi connectivity index (χ2n) is 7.21. The minimum absolute atomic E-state index is 0.122. The molecule has 0 bridgehead atoms. The highest BCUT2D eigenvalue weighted by molar-refractivity contribution is 7.80. The van der Waals surface area contributed by atoms with Crippen molar-refractivity contribution in [2.75, 3.05) is 0 Å². The van der Waals surface area contributed by atoms with Gasteiger partial charge in [-0.2, -0.15) is 0 Å². The van der Waals surface area contributed by atoms with E-state index in [0.717, 1.165) is 12.8 Å². The van der Waals surface area contributed by atoms with E-state index in [2.05, 4.69) is 17.6 Å². The molecule has 138 valence electrons. The lowest BCUT2D eigenvalue weighted by atomic mass is 9.81. The molecule has 0 aromatic heterocycles. The van der Waals surface area contributed by atoms with Gasteiger partial charge in [0.1, 0.15) is 5.41 Å². The number of nitrogens with one attached hydrogen (secondary N) is 2. The Hall–Kier alpha value is -0.970. The van der Waals surface area contributed by atoms with Crippen LogP contribution in [0.25, 0.3) is 0 Å². The minimum Gasteiger partial charge on any atom is -0.302 e. The summed E-state index contributed by atoms with van der Waals surface area (Å²) in [5, 5.41) is 5.23. The Bertz CT molecular complexity index is 404. The molecule has 0 spiro atoms. The Morgan fingerprint density at radius 1 is 0.750 bits per heavy atom. The van der Waals surface area contributed by atoms with Crippen LogP contribution in [-0.2, 0) is 9.59 Å². The highest BCUT2D eigenvalue weighted by Crippen LogP contribution is 2.27. The van der Waals surface area contributed by atoms with E-state index < -0.39 is 5.41 Å². The van der Waals surface area contributed by atoms with E-state index in [-0.39, 0.29) is 16.9 Å². The SMILES string of the molecule is CCCCCCCCCCCCCCC1(C)C(=O)NC(=S)NC1=O. The summed E-state index contributed by atoms with van der Waals surface area (Å²) < 4.78 is 0. The third kappa shape index (κ3) is 7.29. The van der Waals surface area contributed by atoms with Crippen LogP contribution in [0.15, 0.2) is 0 Å². The number of rotatable bonds is 13. The summed E-state index contributed by atoms with van der Waals surface area (Å²) in [6, 6.07) is 0. The Morgan fingerprint density at radius 2 is 1.12 bits per heavy atom. The monoisotopic (exact) mass is 354 g/mol. The first kappa shape index (κ1) is 21.1. The third-order valence-corrected chi connectivity index (χ3v) is 5.19. The molecule has 24 heavy (non-hydrogen) atoms. The summed E-state index contributed by atoms with van der Waals surface area (Å²) in [7, 11) is 0. The van der Waals surface area contributed by atoms with Crippen LogP contribution in [0.2, 0.25) is 0 Å². The molecule has 0 aromatic rings. The van der Waals surface area contributed by atoms with Gasteiger partial charge < -0.3 is 10.6 Å². The molecule has 1 aliphatic heterocycles. The number of hydrogen-bond donors (Lipinski definition) is 2. The van der Waals surface area contributed by atoms with Crippen molar-refractivity contribution in [2.45, 2.75) is 97.3 Å². The van der Waals surface area contributed by atoms with E-state index in [1.54, 1.807) is 6.92 Å². The number of hydrogen-bond acceptors (Lipinski definition) is 3. The van der Waals surface area contributed by atoms with Crippen LogP contribution in [0.5, 0.6) is 0 Å². The largest absolute Gasteiger partial charge is 0.302 e. The summed E-state index contributed by atoms with van der Waals surface area (Å²) in [6.45, 7) is 3.96. The van der Waals surface area contributed by atoms with Crippen LogP contribution in [0.1, 0.15) is 97.3 Å². The maximum Gasteiger partial charge on any atom is 0.241 e. The molecule has 0 saturated carbocycles. The molecule has 0 unspecified atom stereocenters. The molecule has 5 heteroatoms. The summed E-state index contributed by atoms with van der Waals surface area (Å²) in [5.41, 5.74) is -0.971. The van der Waals surface area contributed by atoms with Crippen LogP contribution in [0, 0.1) is 5.41 Å². The Balaban J connectivity index is 2.01. The predicted octanol–water partition coefficient (Wildman–Crippen LogP) is 4.61. The van der Waals surface area contributed by atoms with Crippen LogP contribution in [0.3, 0.4) is 0 Å². The van der Waals surface area contributed by atoms with E-state index in [1.165, 1.54) is 64.2 Å². The van der Waals surface area contributed by atoms with Crippen molar-refractivity contribution in [3.8, 4) is 0 Å². The van der Waals surface area contributed by atoms with Crippen molar-refractivity contribution in [2.24, 2.45) is 5.41 Å². The lowest BCUT2D eigenvalue weighted by molar-refractivity contribution is -0.142. The molecule has 1 heterocycles. The zero-order valence-corrected chi connectivity index (χ0v) is 16.2. The fourth-order valence-electron chi connectivity index (χ4n) is 3.16. The average molecular weight is 355 g/mol. The Labute approximate surface area is 152 Å². The van der Waals surface area contributed by atoms with E-state index >= 15 is 0 Å². The van der Waals surface area contributed by atoms with Crippen molar-refractivity contribution in [1.29, 1.82) is 0 Å². The lowest BCUT2D eigenvalue weighted by Gasteiger charge is -2.31. The van der Waals surface area contributed by atoms with Gasteiger partial charge >= 0.3 is 0 Å². The van der Waals surface area contributed by atoms with Gasteiger partial charge in [0, 0.05) is 0 Å². The van der Waals surface area contributed by atoms with Gasteiger partial charge in [0.2, 0.25) is 11.8 Å². The van der Waals surface area contributed by atoms with Crippen molar-refractivity contribution < 1.29 is 9.59 Å². The summed E-state index contributed by atoms with van der Waals surface area (Å²) >= 11 is 4.83. The number of carbonyl (C=O) groups is 2. The first-order chi connectivity index (χ1) is 11.5. The van der Waals surface area contributed by atoms with Crippen LogP contribution < -0.4 is 10.6 Å². The highest BCUT2D eigenvalue weighted by Gasteiger charge is 2.44. The van der Waals surface area contributed by atoms with Gasteiger partial charge in [-0.15, -0.1) is 0 Å². The van der Waals surface area contributed by atoms with Gasteiger partial charge in [0.05, 0.1) is 0 Å². The van der Waals surface area contributed by atoms with Gasteiger partial charge in [-0.3, -0.25) is 9.59 Å². The maximum absolute atomic E-state index is 12.0. The summed E-state index contributed by atoms with van der Waals surface area (Å²) in [5.74, 6) is -0.529. The van der Waals surface area contributed by atoms with Crippen molar-refractivity contribution in [3.63, 3.8) is 0 Å². The standard InChI is InChI=1S/C19H34N2O2S/c1-3-4-5-6-7-8-9-10-11-12-13-14-15-19(2)16(22)20-18(24)21-17(19)23/h3-15H2,1-2H3,(H2,20,21,22,23,24). The molecular formula is C19H34N2O2S. The van der Waals surface area contributed by atoms with E-state index in [1.807, 2.05) is 0 Å². The second kappa shape index (κ2) is 11.6.